The van der Waals surface area contributed by atoms with Crippen LogP contribution in [0.25, 0.3) is 11.0 Å². The zero-order chi connectivity index (χ0) is 15.0. The number of rotatable bonds is 4. The van der Waals surface area contributed by atoms with Crippen LogP contribution in [0.5, 0.6) is 0 Å². The van der Waals surface area contributed by atoms with Gasteiger partial charge in [0.25, 0.3) is 0 Å². The van der Waals surface area contributed by atoms with Gasteiger partial charge in [-0.15, -0.1) is 0 Å². The number of hydrogen-bond donors (Lipinski definition) is 1. The van der Waals surface area contributed by atoms with Crippen LogP contribution in [0.3, 0.4) is 0 Å². The van der Waals surface area contributed by atoms with Gasteiger partial charge in [-0.2, -0.15) is 10.2 Å². The highest BCUT2D eigenvalue weighted by Gasteiger charge is 2.07. The standard InChI is InChI=1S/C15H20N6/c1-10(2)21-9-12(7-18-21)6-16-13-5-14-11(3)19-20(4)15(14)17-8-13/h5,7-10,16H,6H2,1-4H3. The first-order valence-corrected chi connectivity index (χ1v) is 7.11. The highest BCUT2D eigenvalue weighted by molar-refractivity contribution is 5.81. The summed E-state index contributed by atoms with van der Waals surface area (Å²) in [6, 6.07) is 2.48. The number of pyridine rings is 1. The molecule has 0 atom stereocenters. The van der Waals surface area contributed by atoms with Crippen molar-refractivity contribution in [2.75, 3.05) is 5.32 Å². The molecule has 0 saturated carbocycles. The van der Waals surface area contributed by atoms with E-state index in [2.05, 4.69) is 46.6 Å². The Morgan fingerprint density at radius 1 is 1.29 bits per heavy atom. The molecular formula is C15H20N6. The Bertz CT molecular complexity index is 768. The predicted molar refractivity (Wildman–Crippen MR) is 83.2 cm³/mol. The minimum atomic E-state index is 0.384. The van der Waals surface area contributed by atoms with E-state index in [4.69, 9.17) is 0 Å². The third kappa shape index (κ3) is 2.61. The molecule has 0 radical (unpaired) electrons. The van der Waals surface area contributed by atoms with Gasteiger partial charge in [-0.25, -0.2) is 4.98 Å². The summed E-state index contributed by atoms with van der Waals surface area (Å²) in [6.45, 7) is 6.97. The van der Waals surface area contributed by atoms with Gasteiger partial charge in [-0.05, 0) is 26.8 Å². The summed E-state index contributed by atoms with van der Waals surface area (Å²) in [7, 11) is 1.91. The van der Waals surface area contributed by atoms with Gasteiger partial charge in [0.05, 0.1) is 23.8 Å². The van der Waals surface area contributed by atoms with Crippen LogP contribution in [0.1, 0.15) is 31.1 Å². The summed E-state index contributed by atoms with van der Waals surface area (Å²) in [6.07, 6.45) is 5.81. The average Bonchev–Trinajstić information content (AvgIpc) is 3.03. The molecule has 0 fully saturated rings. The van der Waals surface area contributed by atoms with E-state index in [9.17, 15) is 0 Å². The lowest BCUT2D eigenvalue weighted by molar-refractivity contribution is 0.532. The Balaban J connectivity index is 1.77. The lowest BCUT2D eigenvalue weighted by Gasteiger charge is -2.05. The molecule has 0 bridgehead atoms. The third-order valence-electron chi connectivity index (χ3n) is 3.54. The zero-order valence-electron chi connectivity index (χ0n) is 12.8. The molecule has 3 heterocycles. The van der Waals surface area contributed by atoms with Crippen LogP contribution >= 0.6 is 0 Å². The van der Waals surface area contributed by atoms with E-state index in [-0.39, 0.29) is 0 Å². The maximum atomic E-state index is 4.46. The maximum Gasteiger partial charge on any atom is 0.157 e. The molecule has 0 spiro atoms. The van der Waals surface area contributed by atoms with E-state index >= 15 is 0 Å². The van der Waals surface area contributed by atoms with Crippen LogP contribution in [0.4, 0.5) is 5.69 Å². The quantitative estimate of drug-likeness (QED) is 0.800. The molecule has 6 nitrogen and oxygen atoms in total. The Hall–Kier alpha value is -2.37. The normalized spacial score (nSPS) is 11.5. The zero-order valence-corrected chi connectivity index (χ0v) is 12.8. The van der Waals surface area contributed by atoms with Crippen molar-refractivity contribution in [1.29, 1.82) is 0 Å². The first-order valence-electron chi connectivity index (χ1n) is 7.11. The number of anilines is 1. The smallest absolute Gasteiger partial charge is 0.157 e. The molecule has 0 aliphatic carbocycles. The summed E-state index contributed by atoms with van der Waals surface area (Å²) in [5, 5.41) is 13.2. The molecule has 3 aromatic rings. The van der Waals surface area contributed by atoms with E-state index in [0.717, 1.165) is 34.5 Å². The van der Waals surface area contributed by atoms with Crippen LogP contribution in [0, 0.1) is 6.92 Å². The predicted octanol–water partition coefficient (Wildman–Crippen LogP) is 2.67. The van der Waals surface area contributed by atoms with Gasteiger partial charge in [-0.3, -0.25) is 9.36 Å². The fourth-order valence-electron chi connectivity index (χ4n) is 2.36. The van der Waals surface area contributed by atoms with Crippen LogP contribution < -0.4 is 5.32 Å². The first-order chi connectivity index (χ1) is 10.0. The molecule has 3 aromatic heterocycles. The van der Waals surface area contributed by atoms with Crippen molar-refractivity contribution in [2.45, 2.75) is 33.4 Å². The summed E-state index contributed by atoms with van der Waals surface area (Å²) in [4.78, 5) is 4.46. The molecule has 110 valence electrons. The van der Waals surface area contributed by atoms with Crippen molar-refractivity contribution >= 4 is 16.7 Å². The molecule has 0 unspecified atom stereocenters. The second kappa shape index (κ2) is 5.20. The van der Waals surface area contributed by atoms with Crippen LogP contribution in [-0.4, -0.2) is 24.5 Å². The molecule has 0 aliphatic rings. The third-order valence-corrected chi connectivity index (χ3v) is 3.54. The van der Waals surface area contributed by atoms with Crippen LogP contribution in [0.2, 0.25) is 0 Å². The summed E-state index contributed by atoms with van der Waals surface area (Å²) in [5.41, 5.74) is 4.06. The van der Waals surface area contributed by atoms with Gasteiger partial charge in [0, 0.05) is 36.8 Å². The topological polar surface area (TPSA) is 60.6 Å². The Morgan fingerprint density at radius 2 is 2.10 bits per heavy atom. The monoisotopic (exact) mass is 284 g/mol. The van der Waals surface area contributed by atoms with Crippen molar-refractivity contribution in [2.24, 2.45) is 7.05 Å². The lowest BCUT2D eigenvalue weighted by atomic mass is 10.2. The molecule has 6 heteroatoms. The van der Waals surface area contributed by atoms with Gasteiger partial charge < -0.3 is 5.32 Å². The largest absolute Gasteiger partial charge is 0.380 e. The average molecular weight is 284 g/mol. The molecule has 0 amide bonds. The lowest BCUT2D eigenvalue weighted by Crippen LogP contribution is -2.01. The van der Waals surface area contributed by atoms with E-state index in [1.165, 1.54) is 0 Å². The Kier molecular flexibility index (Phi) is 3.37. The fourth-order valence-corrected chi connectivity index (χ4v) is 2.36. The molecule has 21 heavy (non-hydrogen) atoms. The molecular weight excluding hydrogens is 264 g/mol. The number of hydrogen-bond acceptors (Lipinski definition) is 4. The van der Waals surface area contributed by atoms with E-state index < -0.39 is 0 Å². The van der Waals surface area contributed by atoms with Gasteiger partial charge in [0.2, 0.25) is 0 Å². The highest BCUT2D eigenvalue weighted by atomic mass is 15.3. The van der Waals surface area contributed by atoms with Gasteiger partial charge in [0.15, 0.2) is 5.65 Å². The van der Waals surface area contributed by atoms with Crippen molar-refractivity contribution in [1.82, 2.24) is 24.5 Å². The Morgan fingerprint density at radius 3 is 2.81 bits per heavy atom. The van der Waals surface area contributed by atoms with E-state index in [0.29, 0.717) is 6.04 Å². The number of fused-ring (bicyclic) bond motifs is 1. The molecule has 1 N–H and O–H groups in total. The molecule has 3 rings (SSSR count). The van der Waals surface area contributed by atoms with Crippen LogP contribution in [0.15, 0.2) is 24.7 Å². The van der Waals surface area contributed by atoms with Crippen molar-refractivity contribution in [3.05, 3.63) is 35.9 Å². The fraction of sp³-hybridized carbons (Fsp3) is 0.400. The van der Waals surface area contributed by atoms with Crippen LogP contribution in [-0.2, 0) is 13.6 Å². The second-order valence-electron chi connectivity index (χ2n) is 5.58. The maximum absolute atomic E-state index is 4.46. The SMILES string of the molecule is Cc1nn(C)c2ncc(NCc3cnn(C(C)C)c3)cc12. The minimum Gasteiger partial charge on any atom is -0.380 e. The second-order valence-corrected chi connectivity index (χ2v) is 5.58. The molecule has 0 aromatic carbocycles. The Labute approximate surface area is 123 Å². The molecule has 0 aliphatic heterocycles. The first kappa shape index (κ1) is 13.6. The van der Waals surface area contributed by atoms with E-state index in [1.807, 2.05) is 31.0 Å². The minimum absolute atomic E-state index is 0.384. The number of nitrogens with one attached hydrogen (secondary N) is 1. The number of aryl methyl sites for hydroxylation is 2. The molecule has 0 saturated heterocycles. The van der Waals surface area contributed by atoms with Gasteiger partial charge >= 0.3 is 0 Å². The van der Waals surface area contributed by atoms with Crippen molar-refractivity contribution in [3.8, 4) is 0 Å². The number of aromatic nitrogens is 5. The highest BCUT2D eigenvalue weighted by Crippen LogP contribution is 2.19. The summed E-state index contributed by atoms with van der Waals surface area (Å²) < 4.78 is 3.77. The van der Waals surface area contributed by atoms with Gasteiger partial charge in [0.1, 0.15) is 0 Å². The van der Waals surface area contributed by atoms with Gasteiger partial charge in [-0.1, -0.05) is 0 Å². The summed E-state index contributed by atoms with van der Waals surface area (Å²) >= 11 is 0. The van der Waals surface area contributed by atoms with Crippen molar-refractivity contribution in [3.63, 3.8) is 0 Å². The van der Waals surface area contributed by atoms with E-state index in [1.54, 1.807) is 4.68 Å². The number of nitrogens with zero attached hydrogens (tertiary/aromatic N) is 5. The van der Waals surface area contributed by atoms with Crippen molar-refractivity contribution < 1.29 is 0 Å². The summed E-state index contributed by atoms with van der Waals surface area (Å²) in [5.74, 6) is 0.